The Morgan fingerprint density at radius 2 is 2.33 bits per heavy atom. The second-order valence-electron chi connectivity index (χ2n) is 3.74. The molecule has 0 aliphatic carbocycles. The third kappa shape index (κ3) is 5.67. The van der Waals surface area contributed by atoms with Gasteiger partial charge in [0.15, 0.2) is 0 Å². The SMILES string of the molecule is CC(NC(=O)CCOCC(F)(F)F)c1cn[nH]c1. The van der Waals surface area contributed by atoms with Crippen molar-refractivity contribution < 1.29 is 22.7 Å². The van der Waals surface area contributed by atoms with Crippen molar-refractivity contribution in [2.45, 2.75) is 25.6 Å². The number of alkyl halides is 3. The Morgan fingerprint density at radius 1 is 1.61 bits per heavy atom. The Balaban J connectivity index is 2.18. The highest BCUT2D eigenvalue weighted by Crippen LogP contribution is 2.14. The maximum Gasteiger partial charge on any atom is 0.411 e. The summed E-state index contributed by atoms with van der Waals surface area (Å²) in [4.78, 5) is 11.4. The smallest absolute Gasteiger partial charge is 0.372 e. The number of hydrogen-bond acceptors (Lipinski definition) is 3. The first-order valence-corrected chi connectivity index (χ1v) is 5.31. The van der Waals surface area contributed by atoms with Gasteiger partial charge in [-0.3, -0.25) is 9.89 Å². The van der Waals surface area contributed by atoms with Crippen molar-refractivity contribution in [2.24, 2.45) is 0 Å². The number of aromatic amines is 1. The summed E-state index contributed by atoms with van der Waals surface area (Å²) in [6, 6.07) is -0.251. The molecular weight excluding hydrogens is 251 g/mol. The molecular formula is C10H14F3N3O2. The maximum atomic E-state index is 11.7. The standard InChI is InChI=1S/C10H14F3N3O2/c1-7(8-4-14-15-5-8)16-9(17)2-3-18-6-10(11,12)13/h4-5,7H,2-3,6H2,1H3,(H,14,15)(H,16,17). The predicted molar refractivity (Wildman–Crippen MR) is 56.6 cm³/mol. The van der Waals surface area contributed by atoms with Gasteiger partial charge in [-0.25, -0.2) is 0 Å². The number of nitrogens with one attached hydrogen (secondary N) is 2. The van der Waals surface area contributed by atoms with Crippen molar-refractivity contribution in [3.63, 3.8) is 0 Å². The van der Waals surface area contributed by atoms with E-state index < -0.39 is 12.8 Å². The summed E-state index contributed by atoms with van der Waals surface area (Å²) in [5, 5.41) is 8.95. The lowest BCUT2D eigenvalue weighted by Crippen LogP contribution is -2.28. The molecule has 0 saturated heterocycles. The van der Waals surface area contributed by atoms with E-state index in [9.17, 15) is 18.0 Å². The number of nitrogens with zero attached hydrogens (tertiary/aromatic N) is 1. The van der Waals surface area contributed by atoms with Crippen LogP contribution in [0.5, 0.6) is 0 Å². The number of amides is 1. The summed E-state index contributed by atoms with van der Waals surface area (Å²) < 4.78 is 39.6. The van der Waals surface area contributed by atoms with E-state index in [0.29, 0.717) is 0 Å². The van der Waals surface area contributed by atoms with E-state index in [-0.39, 0.29) is 25.0 Å². The number of aromatic nitrogens is 2. The second-order valence-corrected chi connectivity index (χ2v) is 3.74. The van der Waals surface area contributed by atoms with Crippen LogP contribution in [0.2, 0.25) is 0 Å². The van der Waals surface area contributed by atoms with Crippen molar-refractivity contribution in [1.29, 1.82) is 0 Å². The van der Waals surface area contributed by atoms with Gasteiger partial charge in [0.2, 0.25) is 5.91 Å². The summed E-state index contributed by atoms with van der Waals surface area (Å²) in [6.45, 7) is 0.153. The summed E-state index contributed by atoms with van der Waals surface area (Å²) in [6.07, 6.45) is -1.28. The van der Waals surface area contributed by atoms with Gasteiger partial charge in [0.05, 0.1) is 18.8 Å². The van der Waals surface area contributed by atoms with Crippen molar-refractivity contribution in [1.82, 2.24) is 15.5 Å². The van der Waals surface area contributed by atoms with Gasteiger partial charge in [-0.15, -0.1) is 0 Å². The first-order chi connectivity index (χ1) is 8.38. The maximum absolute atomic E-state index is 11.7. The number of rotatable bonds is 6. The first-order valence-electron chi connectivity index (χ1n) is 5.31. The predicted octanol–water partition coefficient (Wildman–Crippen LogP) is 1.56. The third-order valence-corrected chi connectivity index (χ3v) is 2.14. The van der Waals surface area contributed by atoms with Crippen LogP contribution in [0.15, 0.2) is 12.4 Å². The van der Waals surface area contributed by atoms with E-state index >= 15 is 0 Å². The van der Waals surface area contributed by atoms with Gasteiger partial charge in [0.25, 0.3) is 0 Å². The van der Waals surface area contributed by atoms with Crippen LogP contribution in [0, 0.1) is 0 Å². The minimum absolute atomic E-state index is 0.113. The molecule has 0 aliphatic rings. The van der Waals surface area contributed by atoms with E-state index in [4.69, 9.17) is 0 Å². The molecule has 1 aromatic rings. The highest BCUT2D eigenvalue weighted by Gasteiger charge is 2.27. The molecule has 1 aromatic heterocycles. The van der Waals surface area contributed by atoms with Gasteiger partial charge in [0.1, 0.15) is 6.61 Å². The van der Waals surface area contributed by atoms with Crippen LogP contribution < -0.4 is 5.32 Å². The van der Waals surface area contributed by atoms with Gasteiger partial charge in [0, 0.05) is 18.2 Å². The minimum Gasteiger partial charge on any atom is -0.372 e. The van der Waals surface area contributed by atoms with Crippen molar-refractivity contribution in [3.05, 3.63) is 18.0 Å². The number of ether oxygens (including phenoxy) is 1. The summed E-state index contributed by atoms with van der Waals surface area (Å²) in [7, 11) is 0. The lowest BCUT2D eigenvalue weighted by molar-refractivity contribution is -0.174. The fourth-order valence-corrected chi connectivity index (χ4v) is 1.25. The molecule has 0 radical (unpaired) electrons. The highest BCUT2D eigenvalue weighted by molar-refractivity contribution is 5.76. The molecule has 102 valence electrons. The Labute approximate surface area is 102 Å². The molecule has 18 heavy (non-hydrogen) atoms. The lowest BCUT2D eigenvalue weighted by atomic mass is 10.2. The van der Waals surface area contributed by atoms with Crippen LogP contribution in [-0.4, -0.2) is 35.5 Å². The number of halogens is 3. The van der Waals surface area contributed by atoms with Crippen LogP contribution in [0.25, 0.3) is 0 Å². The van der Waals surface area contributed by atoms with Crippen molar-refractivity contribution in [3.8, 4) is 0 Å². The van der Waals surface area contributed by atoms with Gasteiger partial charge in [-0.1, -0.05) is 0 Å². The molecule has 0 aromatic carbocycles. The molecule has 2 N–H and O–H groups in total. The third-order valence-electron chi connectivity index (χ3n) is 2.14. The molecule has 1 rings (SSSR count). The van der Waals surface area contributed by atoms with Crippen LogP contribution >= 0.6 is 0 Å². The summed E-state index contributed by atoms with van der Waals surface area (Å²) >= 11 is 0. The molecule has 0 aliphatic heterocycles. The van der Waals surface area contributed by atoms with E-state index in [2.05, 4.69) is 20.3 Å². The fourth-order valence-electron chi connectivity index (χ4n) is 1.25. The average molecular weight is 265 g/mol. The first kappa shape index (κ1) is 14.5. The van der Waals surface area contributed by atoms with Crippen molar-refractivity contribution in [2.75, 3.05) is 13.2 Å². The lowest BCUT2D eigenvalue weighted by Gasteiger charge is -2.12. The zero-order valence-corrected chi connectivity index (χ0v) is 9.75. The van der Waals surface area contributed by atoms with Crippen LogP contribution in [0.4, 0.5) is 13.2 Å². The molecule has 1 atom stereocenters. The average Bonchev–Trinajstić information content (AvgIpc) is 2.76. The molecule has 0 saturated carbocycles. The minimum atomic E-state index is -4.36. The van der Waals surface area contributed by atoms with Crippen LogP contribution in [0.1, 0.15) is 24.9 Å². The van der Waals surface area contributed by atoms with Crippen molar-refractivity contribution >= 4 is 5.91 Å². The number of hydrogen-bond donors (Lipinski definition) is 2. The van der Waals surface area contributed by atoms with Gasteiger partial charge in [-0.05, 0) is 6.92 Å². The Morgan fingerprint density at radius 3 is 2.89 bits per heavy atom. The quantitative estimate of drug-likeness (QED) is 0.767. The topological polar surface area (TPSA) is 67.0 Å². The Hall–Kier alpha value is -1.57. The molecule has 0 spiro atoms. The monoisotopic (exact) mass is 265 g/mol. The summed E-state index contributed by atoms with van der Waals surface area (Å²) in [5.74, 6) is -0.370. The zero-order chi connectivity index (χ0) is 13.6. The second kappa shape index (κ2) is 6.39. The van der Waals surface area contributed by atoms with E-state index in [1.807, 2.05) is 0 Å². The molecule has 1 heterocycles. The summed E-state index contributed by atoms with van der Waals surface area (Å²) in [5.41, 5.74) is 0.791. The normalized spacial score (nSPS) is 13.3. The highest BCUT2D eigenvalue weighted by atomic mass is 19.4. The number of carbonyl (C=O) groups is 1. The molecule has 8 heteroatoms. The van der Waals surface area contributed by atoms with E-state index in [1.165, 1.54) is 0 Å². The Kier molecular flexibility index (Phi) is 5.14. The molecule has 0 bridgehead atoms. The molecule has 1 amide bonds. The van der Waals surface area contributed by atoms with Gasteiger partial charge >= 0.3 is 6.18 Å². The van der Waals surface area contributed by atoms with Crippen LogP contribution in [-0.2, 0) is 9.53 Å². The Bertz CT molecular complexity index is 365. The number of H-pyrrole nitrogens is 1. The zero-order valence-electron chi connectivity index (χ0n) is 9.75. The van der Waals surface area contributed by atoms with Crippen LogP contribution in [0.3, 0.4) is 0 Å². The van der Waals surface area contributed by atoms with Gasteiger partial charge in [-0.2, -0.15) is 18.3 Å². The largest absolute Gasteiger partial charge is 0.411 e. The number of carbonyl (C=O) groups excluding carboxylic acids is 1. The van der Waals surface area contributed by atoms with Gasteiger partial charge < -0.3 is 10.1 Å². The molecule has 1 unspecified atom stereocenters. The van der Waals surface area contributed by atoms with E-state index in [1.54, 1.807) is 19.3 Å². The molecule has 0 fully saturated rings. The molecule has 5 nitrogen and oxygen atoms in total. The fraction of sp³-hybridized carbons (Fsp3) is 0.600. The van der Waals surface area contributed by atoms with E-state index in [0.717, 1.165) is 5.56 Å².